The molecule has 0 saturated heterocycles. The van der Waals surface area contributed by atoms with Crippen LogP contribution in [0.3, 0.4) is 0 Å². The molecule has 1 aromatic carbocycles. The zero-order valence-electron chi connectivity index (χ0n) is 19.9. The lowest BCUT2D eigenvalue weighted by Crippen LogP contribution is -2.16. The van der Waals surface area contributed by atoms with Gasteiger partial charge >= 0.3 is 0 Å². The van der Waals surface area contributed by atoms with Gasteiger partial charge in [0.25, 0.3) is 0 Å². The third-order valence-corrected chi connectivity index (χ3v) is 8.45. The molecule has 0 bridgehead atoms. The number of hydrogen-bond acceptors (Lipinski definition) is 7. The SMILES string of the molecule is C=NC(=NCCOCCO)N/C=C(\C)c1cc(-c2ccccc2)c2c(N)c(SC3CCC3)sc2n1. The van der Waals surface area contributed by atoms with Gasteiger partial charge in [-0.25, -0.2) is 15.0 Å². The van der Waals surface area contributed by atoms with Crippen molar-refractivity contribution in [2.24, 2.45) is 9.98 Å². The Balaban J connectivity index is 1.64. The second-order valence-corrected chi connectivity index (χ2v) is 10.8. The fourth-order valence-corrected chi connectivity index (χ4v) is 6.44. The molecule has 2 aromatic heterocycles. The predicted octanol–water partition coefficient (Wildman–Crippen LogP) is 5.21. The molecule has 3 aromatic rings. The van der Waals surface area contributed by atoms with Crippen molar-refractivity contribution in [3.05, 3.63) is 48.3 Å². The van der Waals surface area contributed by atoms with Gasteiger partial charge in [-0.2, -0.15) is 0 Å². The Hall–Kier alpha value is -2.72. The van der Waals surface area contributed by atoms with Crippen LogP contribution in [-0.4, -0.2) is 54.4 Å². The summed E-state index contributed by atoms with van der Waals surface area (Å²) in [6, 6.07) is 12.4. The summed E-state index contributed by atoms with van der Waals surface area (Å²) in [6.45, 7) is 6.71. The van der Waals surface area contributed by atoms with Crippen LogP contribution < -0.4 is 11.1 Å². The second kappa shape index (κ2) is 12.3. The van der Waals surface area contributed by atoms with Crippen LogP contribution in [0.2, 0.25) is 0 Å². The van der Waals surface area contributed by atoms with Gasteiger partial charge in [0.05, 0.1) is 42.0 Å². The first-order valence-electron chi connectivity index (χ1n) is 11.7. The van der Waals surface area contributed by atoms with Gasteiger partial charge in [-0.1, -0.05) is 36.8 Å². The largest absolute Gasteiger partial charge is 0.397 e. The van der Waals surface area contributed by atoms with E-state index >= 15 is 0 Å². The summed E-state index contributed by atoms with van der Waals surface area (Å²) < 4.78 is 6.40. The number of aliphatic hydroxyl groups is 1. The maximum Gasteiger partial charge on any atom is 0.221 e. The number of thioether (sulfide) groups is 1. The average Bonchev–Trinajstić information content (AvgIpc) is 3.18. The fraction of sp³-hybridized carbons (Fsp3) is 0.346. The van der Waals surface area contributed by atoms with Gasteiger partial charge in [-0.3, -0.25) is 0 Å². The van der Waals surface area contributed by atoms with Gasteiger partial charge in [0.1, 0.15) is 4.83 Å². The molecule has 1 saturated carbocycles. The van der Waals surface area contributed by atoms with Crippen LogP contribution in [0.25, 0.3) is 26.9 Å². The molecular formula is C26H31N5O2S2. The molecular weight excluding hydrogens is 478 g/mol. The second-order valence-electron chi connectivity index (χ2n) is 8.25. The van der Waals surface area contributed by atoms with Crippen LogP contribution in [-0.2, 0) is 4.74 Å². The number of nitrogens with one attached hydrogen (secondary N) is 1. The highest BCUT2D eigenvalue weighted by Crippen LogP contribution is 2.48. The van der Waals surface area contributed by atoms with E-state index in [9.17, 15) is 0 Å². The molecule has 0 spiro atoms. The van der Waals surface area contributed by atoms with Gasteiger partial charge in [-0.15, -0.1) is 23.1 Å². The molecule has 1 aliphatic carbocycles. The molecule has 0 amide bonds. The highest BCUT2D eigenvalue weighted by Gasteiger charge is 2.23. The molecule has 0 aliphatic heterocycles. The van der Waals surface area contributed by atoms with Crippen molar-refractivity contribution in [1.82, 2.24) is 10.3 Å². The van der Waals surface area contributed by atoms with E-state index in [0.717, 1.165) is 38.3 Å². The van der Waals surface area contributed by atoms with Crippen LogP contribution >= 0.6 is 23.1 Å². The number of nitrogen functional groups attached to an aromatic ring is 1. The number of hydrogen-bond donors (Lipinski definition) is 3. The Morgan fingerprint density at radius 3 is 2.83 bits per heavy atom. The Bertz CT molecular complexity index is 1220. The molecule has 0 radical (unpaired) electrons. The smallest absolute Gasteiger partial charge is 0.221 e. The third-order valence-electron chi connectivity index (χ3n) is 5.78. The number of aromatic nitrogens is 1. The normalized spacial score (nSPS) is 14.8. The van der Waals surface area contributed by atoms with E-state index in [0.29, 0.717) is 31.0 Å². The molecule has 0 atom stereocenters. The Labute approximate surface area is 214 Å². The van der Waals surface area contributed by atoms with Crippen molar-refractivity contribution in [2.45, 2.75) is 35.6 Å². The van der Waals surface area contributed by atoms with Gasteiger partial charge in [0, 0.05) is 16.8 Å². The summed E-state index contributed by atoms with van der Waals surface area (Å²) in [5, 5.41) is 13.6. The molecule has 4 rings (SSSR count). The number of pyridine rings is 1. The molecule has 35 heavy (non-hydrogen) atoms. The number of rotatable bonds is 10. The van der Waals surface area contributed by atoms with Gasteiger partial charge in [0.15, 0.2) is 0 Å². The van der Waals surface area contributed by atoms with Crippen molar-refractivity contribution < 1.29 is 9.84 Å². The molecule has 0 unspecified atom stereocenters. The summed E-state index contributed by atoms with van der Waals surface area (Å²) >= 11 is 3.58. The number of guanidine groups is 1. The van der Waals surface area contributed by atoms with Gasteiger partial charge in [-0.05, 0) is 49.2 Å². The maximum atomic E-state index is 8.78. The lowest BCUT2D eigenvalue weighted by atomic mass is 10.00. The number of nitrogens with two attached hydrogens (primary N) is 1. The van der Waals surface area contributed by atoms with E-state index < -0.39 is 0 Å². The molecule has 184 valence electrons. The third kappa shape index (κ3) is 6.29. The van der Waals surface area contributed by atoms with Crippen molar-refractivity contribution in [3.8, 4) is 11.1 Å². The minimum atomic E-state index is -0.00454. The van der Waals surface area contributed by atoms with E-state index in [-0.39, 0.29) is 6.61 Å². The summed E-state index contributed by atoms with van der Waals surface area (Å²) in [7, 11) is 0. The van der Waals surface area contributed by atoms with E-state index in [4.69, 9.17) is 20.6 Å². The van der Waals surface area contributed by atoms with Crippen LogP contribution in [0, 0.1) is 0 Å². The number of fused-ring (bicyclic) bond motifs is 1. The van der Waals surface area contributed by atoms with E-state index in [2.05, 4.69) is 40.2 Å². The van der Waals surface area contributed by atoms with Crippen molar-refractivity contribution in [2.75, 3.05) is 32.1 Å². The minimum absolute atomic E-state index is 0.00454. The number of anilines is 1. The summed E-state index contributed by atoms with van der Waals surface area (Å²) in [6.07, 6.45) is 5.65. The summed E-state index contributed by atoms with van der Waals surface area (Å²) in [4.78, 5) is 14.2. The van der Waals surface area contributed by atoms with Crippen molar-refractivity contribution >= 4 is 57.3 Å². The Morgan fingerprint density at radius 1 is 1.34 bits per heavy atom. The zero-order chi connectivity index (χ0) is 24.6. The molecule has 9 heteroatoms. The van der Waals surface area contributed by atoms with Crippen molar-refractivity contribution in [1.29, 1.82) is 0 Å². The van der Waals surface area contributed by atoms with E-state index in [1.165, 1.54) is 23.5 Å². The maximum absolute atomic E-state index is 8.78. The number of aliphatic imine (C=N–C) groups is 2. The highest BCUT2D eigenvalue weighted by molar-refractivity contribution is 8.02. The zero-order valence-corrected chi connectivity index (χ0v) is 21.5. The number of thiophene rings is 1. The topological polar surface area (TPSA) is 105 Å². The molecule has 4 N–H and O–H groups in total. The van der Waals surface area contributed by atoms with Crippen LogP contribution in [0.1, 0.15) is 31.9 Å². The number of allylic oxidation sites excluding steroid dienone is 1. The first kappa shape index (κ1) is 25.4. The summed E-state index contributed by atoms with van der Waals surface area (Å²) in [5.41, 5.74) is 11.5. The molecule has 1 aliphatic rings. The van der Waals surface area contributed by atoms with Crippen LogP contribution in [0.4, 0.5) is 5.69 Å². The standard InChI is InChI=1S/C26H31N5O2S2/c1-17(16-30-26(28-2)29-11-13-33-14-12-32)21-15-20(18-7-4-3-5-8-18)22-23(27)25(35-24(22)31-21)34-19-9-6-10-19/h3-5,7-8,15-16,19,32H,2,6,9-14,27H2,1H3,(H,29,30)/b17-16+. The molecule has 2 heterocycles. The number of nitrogens with zero attached hydrogens (tertiary/aromatic N) is 3. The average molecular weight is 510 g/mol. The monoisotopic (exact) mass is 509 g/mol. The van der Waals surface area contributed by atoms with E-state index in [1.54, 1.807) is 11.3 Å². The molecule has 1 fully saturated rings. The quantitative estimate of drug-likeness (QED) is 0.197. The predicted molar refractivity (Wildman–Crippen MR) is 150 cm³/mol. The van der Waals surface area contributed by atoms with Gasteiger partial charge in [0.2, 0.25) is 5.96 Å². The molecule has 7 nitrogen and oxygen atoms in total. The van der Waals surface area contributed by atoms with E-state index in [1.807, 2.05) is 43.1 Å². The minimum Gasteiger partial charge on any atom is -0.397 e. The van der Waals surface area contributed by atoms with Crippen LogP contribution in [0.5, 0.6) is 0 Å². The van der Waals surface area contributed by atoms with Crippen LogP contribution in [0.15, 0.2) is 56.8 Å². The lowest BCUT2D eigenvalue weighted by Gasteiger charge is -2.23. The lowest BCUT2D eigenvalue weighted by molar-refractivity contribution is 0.0978. The highest BCUT2D eigenvalue weighted by atomic mass is 32.2. The first-order chi connectivity index (χ1) is 17.1. The Morgan fingerprint density at radius 2 is 2.14 bits per heavy atom. The first-order valence-corrected chi connectivity index (χ1v) is 13.4. The number of benzene rings is 1. The number of ether oxygens (including phenoxy) is 1. The van der Waals surface area contributed by atoms with Gasteiger partial charge < -0.3 is 20.9 Å². The summed E-state index contributed by atoms with van der Waals surface area (Å²) in [5.74, 6) is 0.404. The fourth-order valence-electron chi connectivity index (χ4n) is 3.65. The van der Waals surface area contributed by atoms with Crippen molar-refractivity contribution in [3.63, 3.8) is 0 Å². The number of aliphatic hydroxyl groups excluding tert-OH is 1. The Kier molecular flexibility index (Phi) is 8.92.